The van der Waals surface area contributed by atoms with Crippen molar-refractivity contribution in [2.24, 2.45) is 0 Å². The minimum Gasteiger partial charge on any atom is -0.756 e. The van der Waals surface area contributed by atoms with Gasteiger partial charge in [0.2, 0.25) is 0 Å². The molecule has 2 unspecified atom stereocenters. The van der Waals surface area contributed by atoms with Gasteiger partial charge in [-0.1, -0.05) is 182 Å². The summed E-state index contributed by atoms with van der Waals surface area (Å²) in [7, 11) is 1.32. The van der Waals surface area contributed by atoms with Crippen LogP contribution in [0, 0.1) is 0 Å². The molecular weight excluding hydrogens is 806 g/mol. The third-order valence-electron chi connectivity index (χ3n) is 10.1. The number of hydrogen-bond donors (Lipinski definition) is 0. The zero-order valence-electron chi connectivity index (χ0n) is 41.0. The number of carbonyl (C=O) groups excluding carboxylic acids is 1. The highest BCUT2D eigenvalue weighted by Gasteiger charge is 2.20. The predicted octanol–water partition coefficient (Wildman–Crippen LogP) is 14.8. The van der Waals surface area contributed by atoms with Gasteiger partial charge in [-0.15, -0.1) is 0 Å². The fourth-order valence-electron chi connectivity index (χ4n) is 6.35. The van der Waals surface area contributed by atoms with Crippen LogP contribution in [-0.4, -0.2) is 70.7 Å². The Morgan fingerprint density at radius 3 is 1.30 bits per heavy atom. The van der Waals surface area contributed by atoms with Crippen molar-refractivity contribution in [2.75, 3.05) is 54.1 Å². The number of rotatable bonds is 45. The molecule has 0 aromatic carbocycles. The van der Waals surface area contributed by atoms with Crippen molar-refractivity contribution in [3.05, 3.63) is 97.2 Å². The van der Waals surface area contributed by atoms with Crippen LogP contribution in [0.3, 0.4) is 0 Å². The lowest BCUT2D eigenvalue weighted by atomic mass is 10.0. The van der Waals surface area contributed by atoms with Gasteiger partial charge in [-0.05, 0) is 89.9 Å². The van der Waals surface area contributed by atoms with Gasteiger partial charge in [-0.2, -0.15) is 0 Å². The number of carbonyl (C=O) groups is 1. The fourth-order valence-corrected chi connectivity index (χ4v) is 7.08. The van der Waals surface area contributed by atoms with E-state index in [4.69, 9.17) is 18.5 Å². The van der Waals surface area contributed by atoms with E-state index in [0.717, 1.165) is 77.0 Å². The van der Waals surface area contributed by atoms with Crippen LogP contribution in [-0.2, 0) is 27.9 Å². The maximum Gasteiger partial charge on any atom is 0.306 e. The summed E-state index contributed by atoms with van der Waals surface area (Å²) >= 11 is 0. The number of likely N-dealkylation sites (N-methyl/N-ethyl adjacent to an activating group) is 1. The summed E-state index contributed by atoms with van der Waals surface area (Å²) in [6, 6.07) is 0. The average molecular weight is 900 g/mol. The highest BCUT2D eigenvalue weighted by Crippen LogP contribution is 2.38. The molecule has 2 atom stereocenters. The number of allylic oxidation sites excluding steroid dienone is 16. The first-order valence-corrected chi connectivity index (χ1v) is 26.4. The van der Waals surface area contributed by atoms with Crippen molar-refractivity contribution in [1.29, 1.82) is 0 Å². The molecule has 362 valence electrons. The summed E-state index contributed by atoms with van der Waals surface area (Å²) in [5.74, 6) is -0.377. The van der Waals surface area contributed by atoms with Crippen molar-refractivity contribution in [2.45, 2.75) is 187 Å². The fraction of sp³-hybridized carbons (Fsp3) is 0.685. The number of unbranched alkanes of at least 4 members (excludes halogenated alkanes) is 15. The minimum absolute atomic E-state index is 0.0130. The van der Waals surface area contributed by atoms with E-state index in [9.17, 15) is 14.3 Å². The Labute approximate surface area is 387 Å². The predicted molar refractivity (Wildman–Crippen MR) is 268 cm³/mol. The zero-order chi connectivity index (χ0) is 46.2. The van der Waals surface area contributed by atoms with Gasteiger partial charge in [-0.25, -0.2) is 0 Å². The van der Waals surface area contributed by atoms with Gasteiger partial charge in [0.1, 0.15) is 19.3 Å². The van der Waals surface area contributed by atoms with E-state index >= 15 is 0 Å². The molecule has 8 nitrogen and oxygen atoms in total. The Hall–Kier alpha value is -2.58. The molecule has 0 aromatic rings. The molecule has 0 bridgehead atoms. The molecular formula is C54H94NO7P. The first-order chi connectivity index (χ1) is 30.6. The van der Waals surface area contributed by atoms with Crippen molar-refractivity contribution in [3.8, 4) is 0 Å². The monoisotopic (exact) mass is 900 g/mol. The second-order valence-corrected chi connectivity index (χ2v) is 18.8. The molecule has 0 spiro atoms. The van der Waals surface area contributed by atoms with E-state index in [1.807, 2.05) is 21.1 Å². The molecule has 63 heavy (non-hydrogen) atoms. The summed E-state index contributed by atoms with van der Waals surface area (Å²) in [4.78, 5) is 25.1. The molecule has 0 saturated carbocycles. The van der Waals surface area contributed by atoms with E-state index in [0.29, 0.717) is 24.1 Å². The van der Waals surface area contributed by atoms with Crippen LogP contribution in [0.5, 0.6) is 0 Å². The van der Waals surface area contributed by atoms with Gasteiger partial charge >= 0.3 is 5.97 Å². The average Bonchev–Trinajstić information content (AvgIpc) is 3.24. The standard InChI is InChI=1S/C54H94NO7P/c1-6-8-10-12-14-16-18-20-22-23-24-25-26-27-28-29-30-31-32-34-36-38-40-42-44-46-49-59-51-53(52-61-63(57,58)60-50-48-55(3,4)5)62-54(56)47-45-43-41-39-37-35-33-21-19-17-15-13-11-9-7-2/h8-11,14-17,20-22,24-25,33,37,39,53H,6-7,12-13,18-19,23,26-32,34-36,38,40-52H2,1-5H3/b10-8-,11-9-,16-14-,17-15-,22-20-,25-24-,33-21-,39-37-. The van der Waals surface area contributed by atoms with Crippen molar-refractivity contribution in [3.63, 3.8) is 0 Å². The SMILES string of the molecule is CC/C=C\C/C=C\C/C=C\C/C=C\CCCCCCCCCCCCCCCOCC(COP(=O)([O-])OCC[N+](C)(C)C)OC(=O)CCCC/C=C\C/C=C\C/C=C\C/C=C\CC. The Kier molecular flexibility index (Phi) is 44.1. The van der Waals surface area contributed by atoms with Crippen molar-refractivity contribution >= 4 is 13.8 Å². The molecule has 0 aromatic heterocycles. The third-order valence-corrected chi connectivity index (χ3v) is 11.1. The Morgan fingerprint density at radius 1 is 0.492 bits per heavy atom. The van der Waals surface area contributed by atoms with E-state index in [-0.39, 0.29) is 32.2 Å². The van der Waals surface area contributed by atoms with E-state index < -0.39 is 13.9 Å². The first kappa shape index (κ1) is 60.4. The van der Waals surface area contributed by atoms with Gasteiger partial charge in [0.25, 0.3) is 7.82 Å². The molecule has 0 fully saturated rings. The van der Waals surface area contributed by atoms with Crippen molar-refractivity contribution < 1.29 is 37.3 Å². The Morgan fingerprint density at radius 2 is 0.873 bits per heavy atom. The van der Waals surface area contributed by atoms with E-state index in [1.54, 1.807) is 0 Å². The molecule has 0 aliphatic rings. The normalized spacial score (nSPS) is 14.4. The lowest BCUT2D eigenvalue weighted by Crippen LogP contribution is -2.37. The maximum absolute atomic E-state index is 12.7. The summed E-state index contributed by atoms with van der Waals surface area (Å²) in [5, 5.41) is 0. The summed E-state index contributed by atoms with van der Waals surface area (Å²) < 4.78 is 34.6. The summed E-state index contributed by atoms with van der Waals surface area (Å²) in [6.45, 7) is 5.11. The molecule has 0 rings (SSSR count). The summed E-state index contributed by atoms with van der Waals surface area (Å²) in [5.41, 5.74) is 0. The zero-order valence-corrected chi connectivity index (χ0v) is 41.9. The quantitative estimate of drug-likeness (QED) is 0.0197. The first-order valence-electron chi connectivity index (χ1n) is 25.0. The molecule has 0 radical (unpaired) electrons. The number of quaternary nitrogens is 1. The van der Waals surface area contributed by atoms with E-state index in [1.165, 1.54) is 77.0 Å². The highest BCUT2D eigenvalue weighted by atomic mass is 31.2. The van der Waals surface area contributed by atoms with E-state index in [2.05, 4.69) is 111 Å². The van der Waals surface area contributed by atoms with Crippen LogP contribution in [0.1, 0.15) is 181 Å². The smallest absolute Gasteiger partial charge is 0.306 e. The second kappa shape index (κ2) is 46.0. The number of phosphoric acid groups is 1. The molecule has 9 heteroatoms. The third kappa shape index (κ3) is 50.3. The van der Waals surface area contributed by atoms with Gasteiger partial charge in [-0.3, -0.25) is 9.36 Å². The number of hydrogen-bond acceptors (Lipinski definition) is 7. The number of ether oxygens (including phenoxy) is 2. The topological polar surface area (TPSA) is 94.1 Å². The van der Waals surface area contributed by atoms with Crippen LogP contribution in [0.25, 0.3) is 0 Å². The number of nitrogens with zero attached hydrogens (tertiary/aromatic N) is 1. The Balaban J connectivity index is 4.15. The molecule has 0 heterocycles. The molecule has 0 aliphatic heterocycles. The van der Waals surface area contributed by atoms with Crippen LogP contribution >= 0.6 is 7.82 Å². The molecule has 0 N–H and O–H groups in total. The Bertz CT molecular complexity index is 1320. The number of phosphoric ester groups is 1. The lowest BCUT2D eigenvalue weighted by Gasteiger charge is -2.28. The van der Waals surface area contributed by atoms with Gasteiger partial charge in [0.05, 0.1) is 34.4 Å². The van der Waals surface area contributed by atoms with Gasteiger partial charge < -0.3 is 27.9 Å². The van der Waals surface area contributed by atoms with Crippen LogP contribution in [0.4, 0.5) is 0 Å². The number of esters is 1. The van der Waals surface area contributed by atoms with Gasteiger partial charge in [0, 0.05) is 13.0 Å². The molecule has 0 saturated heterocycles. The largest absolute Gasteiger partial charge is 0.756 e. The maximum atomic E-state index is 12.7. The minimum atomic E-state index is -4.55. The van der Waals surface area contributed by atoms with Crippen LogP contribution in [0.2, 0.25) is 0 Å². The highest BCUT2D eigenvalue weighted by molar-refractivity contribution is 7.45. The van der Waals surface area contributed by atoms with Crippen LogP contribution in [0.15, 0.2) is 97.2 Å². The molecule has 0 aliphatic carbocycles. The second-order valence-electron chi connectivity index (χ2n) is 17.4. The van der Waals surface area contributed by atoms with Gasteiger partial charge in [0.15, 0.2) is 0 Å². The lowest BCUT2D eigenvalue weighted by molar-refractivity contribution is -0.870. The van der Waals surface area contributed by atoms with Crippen LogP contribution < -0.4 is 4.89 Å². The summed E-state index contributed by atoms with van der Waals surface area (Å²) in [6.07, 6.45) is 63.0. The molecule has 0 amide bonds. The van der Waals surface area contributed by atoms with Crippen molar-refractivity contribution in [1.82, 2.24) is 0 Å².